The largest absolute Gasteiger partial charge is 0.377 e. The van der Waals surface area contributed by atoms with Crippen LogP contribution in [0.3, 0.4) is 0 Å². The molecule has 1 saturated heterocycles. The molecule has 0 amide bonds. The van der Waals surface area contributed by atoms with E-state index in [0.717, 1.165) is 19.6 Å². The minimum atomic E-state index is 0.0696. The standard InChI is InChI=1S/C12H26N2O/c1-10(2)7-12(3,9-13)14-8-11-5-4-6-15-11/h10-11,14H,4-9,13H2,1-3H3. The van der Waals surface area contributed by atoms with Crippen molar-refractivity contribution >= 4 is 0 Å². The van der Waals surface area contributed by atoms with E-state index in [-0.39, 0.29) is 5.54 Å². The number of ether oxygens (including phenoxy) is 1. The monoisotopic (exact) mass is 214 g/mol. The maximum atomic E-state index is 5.84. The Morgan fingerprint density at radius 2 is 2.27 bits per heavy atom. The lowest BCUT2D eigenvalue weighted by Crippen LogP contribution is -2.51. The Balaban J connectivity index is 2.30. The Morgan fingerprint density at radius 1 is 1.53 bits per heavy atom. The van der Waals surface area contributed by atoms with E-state index in [4.69, 9.17) is 10.5 Å². The highest BCUT2D eigenvalue weighted by atomic mass is 16.5. The first-order valence-electron chi connectivity index (χ1n) is 6.12. The number of rotatable bonds is 6. The molecule has 1 aliphatic rings. The van der Waals surface area contributed by atoms with Crippen LogP contribution in [-0.2, 0) is 4.74 Å². The molecule has 3 N–H and O–H groups in total. The molecule has 15 heavy (non-hydrogen) atoms. The zero-order chi connectivity index (χ0) is 11.3. The van der Waals surface area contributed by atoms with Gasteiger partial charge in [0.05, 0.1) is 6.10 Å². The molecule has 90 valence electrons. The third-order valence-electron chi connectivity index (χ3n) is 3.09. The van der Waals surface area contributed by atoms with Crippen LogP contribution in [0.5, 0.6) is 0 Å². The van der Waals surface area contributed by atoms with Crippen LogP contribution in [0.25, 0.3) is 0 Å². The van der Waals surface area contributed by atoms with Crippen LogP contribution in [0.15, 0.2) is 0 Å². The molecule has 0 bridgehead atoms. The molecule has 0 aromatic carbocycles. The van der Waals surface area contributed by atoms with Crippen molar-refractivity contribution in [3.05, 3.63) is 0 Å². The van der Waals surface area contributed by atoms with Crippen LogP contribution in [-0.4, -0.2) is 31.3 Å². The van der Waals surface area contributed by atoms with Crippen molar-refractivity contribution < 1.29 is 4.74 Å². The molecule has 1 rings (SSSR count). The molecule has 0 radical (unpaired) electrons. The molecule has 0 aliphatic carbocycles. The summed E-state index contributed by atoms with van der Waals surface area (Å²) in [6, 6.07) is 0. The second kappa shape index (κ2) is 5.83. The molecular weight excluding hydrogens is 188 g/mol. The van der Waals surface area contributed by atoms with Gasteiger partial charge in [0, 0.05) is 25.2 Å². The summed E-state index contributed by atoms with van der Waals surface area (Å²) in [5, 5.41) is 3.57. The van der Waals surface area contributed by atoms with Crippen molar-refractivity contribution in [1.29, 1.82) is 0 Å². The third-order valence-corrected chi connectivity index (χ3v) is 3.09. The topological polar surface area (TPSA) is 47.3 Å². The second-order valence-corrected chi connectivity index (χ2v) is 5.38. The van der Waals surface area contributed by atoms with E-state index in [1.165, 1.54) is 12.8 Å². The number of hydrogen-bond acceptors (Lipinski definition) is 3. The van der Waals surface area contributed by atoms with Crippen molar-refractivity contribution in [2.45, 2.75) is 51.7 Å². The van der Waals surface area contributed by atoms with Crippen LogP contribution in [0.1, 0.15) is 40.0 Å². The summed E-state index contributed by atoms with van der Waals surface area (Å²) in [7, 11) is 0. The third kappa shape index (κ3) is 4.49. The van der Waals surface area contributed by atoms with E-state index in [1.54, 1.807) is 0 Å². The fraction of sp³-hybridized carbons (Fsp3) is 1.00. The molecule has 0 saturated carbocycles. The summed E-state index contributed by atoms with van der Waals surface area (Å²) in [6.45, 7) is 9.25. The highest BCUT2D eigenvalue weighted by Gasteiger charge is 2.25. The van der Waals surface area contributed by atoms with Crippen molar-refractivity contribution in [2.24, 2.45) is 11.7 Å². The smallest absolute Gasteiger partial charge is 0.0700 e. The van der Waals surface area contributed by atoms with E-state index < -0.39 is 0 Å². The molecule has 0 aromatic heterocycles. The highest BCUT2D eigenvalue weighted by molar-refractivity contribution is 4.86. The summed E-state index contributed by atoms with van der Waals surface area (Å²) in [5.74, 6) is 0.676. The van der Waals surface area contributed by atoms with Gasteiger partial charge in [-0.15, -0.1) is 0 Å². The molecule has 1 aliphatic heterocycles. The van der Waals surface area contributed by atoms with E-state index in [1.807, 2.05) is 0 Å². The zero-order valence-corrected chi connectivity index (χ0v) is 10.4. The molecule has 2 unspecified atom stereocenters. The molecule has 3 heteroatoms. The molecule has 0 spiro atoms. The van der Waals surface area contributed by atoms with Gasteiger partial charge in [0.25, 0.3) is 0 Å². The minimum Gasteiger partial charge on any atom is -0.377 e. The summed E-state index contributed by atoms with van der Waals surface area (Å²) in [6.07, 6.45) is 3.92. The fourth-order valence-corrected chi connectivity index (χ4v) is 2.29. The zero-order valence-electron chi connectivity index (χ0n) is 10.4. The average Bonchev–Trinajstić information content (AvgIpc) is 2.66. The van der Waals surface area contributed by atoms with Gasteiger partial charge in [0.1, 0.15) is 0 Å². The predicted molar refractivity (Wildman–Crippen MR) is 63.9 cm³/mol. The minimum absolute atomic E-state index is 0.0696. The van der Waals surface area contributed by atoms with Gasteiger partial charge in [-0.1, -0.05) is 13.8 Å². The lowest BCUT2D eigenvalue weighted by molar-refractivity contribution is 0.100. The van der Waals surface area contributed by atoms with Crippen LogP contribution >= 0.6 is 0 Å². The van der Waals surface area contributed by atoms with E-state index >= 15 is 0 Å². The van der Waals surface area contributed by atoms with Crippen molar-refractivity contribution in [3.8, 4) is 0 Å². The van der Waals surface area contributed by atoms with E-state index in [2.05, 4.69) is 26.1 Å². The molecule has 1 heterocycles. The van der Waals surface area contributed by atoms with E-state index in [9.17, 15) is 0 Å². The Kier molecular flexibility index (Phi) is 5.03. The van der Waals surface area contributed by atoms with Gasteiger partial charge in [-0.2, -0.15) is 0 Å². The van der Waals surface area contributed by atoms with Gasteiger partial charge in [-0.3, -0.25) is 0 Å². The first-order valence-corrected chi connectivity index (χ1v) is 6.12. The predicted octanol–water partition coefficient (Wildman–Crippen LogP) is 1.52. The Bertz CT molecular complexity index is 178. The van der Waals surface area contributed by atoms with Gasteiger partial charge in [0.15, 0.2) is 0 Å². The Hall–Kier alpha value is -0.120. The lowest BCUT2D eigenvalue weighted by atomic mass is 9.90. The fourth-order valence-electron chi connectivity index (χ4n) is 2.29. The van der Waals surface area contributed by atoms with Crippen LogP contribution < -0.4 is 11.1 Å². The van der Waals surface area contributed by atoms with Gasteiger partial charge >= 0.3 is 0 Å². The highest BCUT2D eigenvalue weighted by Crippen LogP contribution is 2.17. The maximum absolute atomic E-state index is 5.84. The molecule has 1 fully saturated rings. The van der Waals surface area contributed by atoms with Crippen molar-refractivity contribution in [2.75, 3.05) is 19.7 Å². The maximum Gasteiger partial charge on any atom is 0.0700 e. The first-order chi connectivity index (χ1) is 7.06. The van der Waals surface area contributed by atoms with Gasteiger partial charge < -0.3 is 15.8 Å². The Labute approximate surface area is 93.8 Å². The normalized spacial score (nSPS) is 25.8. The summed E-state index contributed by atoms with van der Waals surface area (Å²) < 4.78 is 5.59. The molecule has 3 nitrogen and oxygen atoms in total. The summed E-state index contributed by atoms with van der Waals surface area (Å²) in [4.78, 5) is 0. The molecular formula is C12H26N2O. The quantitative estimate of drug-likeness (QED) is 0.705. The van der Waals surface area contributed by atoms with Crippen LogP contribution in [0.4, 0.5) is 0 Å². The molecule has 0 aromatic rings. The van der Waals surface area contributed by atoms with E-state index in [0.29, 0.717) is 18.6 Å². The summed E-state index contributed by atoms with van der Waals surface area (Å²) >= 11 is 0. The SMILES string of the molecule is CC(C)CC(C)(CN)NCC1CCCO1. The second-order valence-electron chi connectivity index (χ2n) is 5.38. The lowest BCUT2D eigenvalue weighted by Gasteiger charge is -2.32. The van der Waals surface area contributed by atoms with Gasteiger partial charge in [0.2, 0.25) is 0 Å². The van der Waals surface area contributed by atoms with Gasteiger partial charge in [-0.25, -0.2) is 0 Å². The summed E-state index contributed by atoms with van der Waals surface area (Å²) in [5.41, 5.74) is 5.91. The number of hydrogen-bond donors (Lipinski definition) is 2. The average molecular weight is 214 g/mol. The van der Waals surface area contributed by atoms with Crippen LogP contribution in [0, 0.1) is 5.92 Å². The Morgan fingerprint density at radius 3 is 2.73 bits per heavy atom. The number of nitrogens with one attached hydrogen (secondary N) is 1. The van der Waals surface area contributed by atoms with Crippen LogP contribution in [0.2, 0.25) is 0 Å². The van der Waals surface area contributed by atoms with Crippen molar-refractivity contribution in [1.82, 2.24) is 5.32 Å². The van der Waals surface area contributed by atoms with Gasteiger partial charge in [-0.05, 0) is 32.1 Å². The van der Waals surface area contributed by atoms with Crippen molar-refractivity contribution in [3.63, 3.8) is 0 Å². The first kappa shape index (κ1) is 12.9. The molecule has 2 atom stereocenters. The number of nitrogens with two attached hydrogens (primary N) is 1.